The molecule has 6 nitrogen and oxygen atoms in total. The molecule has 2 heterocycles. The third-order valence-corrected chi connectivity index (χ3v) is 3.96. The van der Waals surface area contributed by atoms with Gasteiger partial charge in [0.1, 0.15) is 0 Å². The lowest BCUT2D eigenvalue weighted by atomic mass is 9.99. The number of furan rings is 1. The smallest absolute Gasteiger partial charge is 0.286 e. The second-order valence-corrected chi connectivity index (χ2v) is 5.48. The Morgan fingerprint density at radius 3 is 2.91 bits per heavy atom. The van der Waals surface area contributed by atoms with Crippen LogP contribution in [0, 0.1) is 0 Å². The van der Waals surface area contributed by atoms with E-state index in [4.69, 9.17) is 10.2 Å². The first-order chi connectivity index (χ1) is 11.2. The lowest BCUT2D eigenvalue weighted by molar-refractivity contribution is -0.118. The molecule has 1 aromatic carbocycles. The molecule has 3 N–H and O–H groups in total. The lowest BCUT2D eigenvalue weighted by Crippen LogP contribution is -2.38. The number of hydrogen-bond acceptors (Lipinski definition) is 4. The molecule has 1 aliphatic heterocycles. The standard InChI is InChI=1S/C17H19N3O3/c18-13-5-1-6-14-12(13)4-2-10-20(14)16(21)8-9-19-17(22)15-7-3-11-23-15/h1,3,5-7,11H,2,4,8-10,18H2,(H,19,22). The molecule has 2 amide bonds. The van der Waals surface area contributed by atoms with Gasteiger partial charge in [-0.25, -0.2) is 0 Å². The zero-order chi connectivity index (χ0) is 16.2. The van der Waals surface area contributed by atoms with Gasteiger partial charge < -0.3 is 20.4 Å². The summed E-state index contributed by atoms with van der Waals surface area (Å²) < 4.78 is 5.01. The number of carbonyl (C=O) groups is 2. The Bertz CT molecular complexity index is 710. The number of amides is 2. The zero-order valence-electron chi connectivity index (χ0n) is 12.7. The largest absolute Gasteiger partial charge is 0.459 e. The van der Waals surface area contributed by atoms with Crippen molar-refractivity contribution in [1.29, 1.82) is 0 Å². The molecule has 2 aromatic rings. The monoisotopic (exact) mass is 313 g/mol. The van der Waals surface area contributed by atoms with E-state index in [0.717, 1.165) is 29.8 Å². The highest BCUT2D eigenvalue weighted by Crippen LogP contribution is 2.31. The van der Waals surface area contributed by atoms with Crippen LogP contribution in [-0.4, -0.2) is 24.9 Å². The molecular weight excluding hydrogens is 294 g/mol. The summed E-state index contributed by atoms with van der Waals surface area (Å²) in [6.45, 7) is 0.952. The third kappa shape index (κ3) is 3.21. The highest BCUT2D eigenvalue weighted by molar-refractivity contribution is 5.96. The van der Waals surface area contributed by atoms with Crippen molar-refractivity contribution in [3.63, 3.8) is 0 Å². The van der Waals surface area contributed by atoms with Gasteiger partial charge >= 0.3 is 0 Å². The quantitative estimate of drug-likeness (QED) is 0.845. The molecule has 0 unspecified atom stereocenters. The number of nitrogen functional groups attached to an aromatic ring is 1. The van der Waals surface area contributed by atoms with Crippen LogP contribution >= 0.6 is 0 Å². The number of fused-ring (bicyclic) bond motifs is 1. The molecule has 0 bridgehead atoms. The Balaban J connectivity index is 1.59. The fraction of sp³-hybridized carbons (Fsp3) is 0.294. The van der Waals surface area contributed by atoms with Crippen molar-refractivity contribution in [2.75, 3.05) is 23.7 Å². The number of benzene rings is 1. The summed E-state index contributed by atoms with van der Waals surface area (Å²) in [4.78, 5) is 26.0. The second kappa shape index (κ2) is 6.56. The summed E-state index contributed by atoms with van der Waals surface area (Å²) in [6, 6.07) is 8.87. The first-order valence-electron chi connectivity index (χ1n) is 7.66. The first kappa shape index (κ1) is 15.1. The van der Waals surface area contributed by atoms with Crippen LogP contribution in [0.1, 0.15) is 29.0 Å². The molecule has 0 saturated heterocycles. The molecule has 23 heavy (non-hydrogen) atoms. The van der Waals surface area contributed by atoms with Crippen molar-refractivity contribution in [1.82, 2.24) is 5.32 Å². The number of anilines is 2. The molecule has 6 heteroatoms. The van der Waals surface area contributed by atoms with Crippen LogP contribution in [0.4, 0.5) is 11.4 Å². The molecule has 0 spiro atoms. The van der Waals surface area contributed by atoms with Gasteiger partial charge in [-0.15, -0.1) is 0 Å². The van der Waals surface area contributed by atoms with Gasteiger partial charge in [-0.1, -0.05) is 6.07 Å². The van der Waals surface area contributed by atoms with Crippen LogP contribution in [-0.2, 0) is 11.2 Å². The maximum atomic E-state index is 12.5. The molecule has 0 saturated carbocycles. The number of hydrogen-bond donors (Lipinski definition) is 2. The van der Waals surface area contributed by atoms with E-state index in [2.05, 4.69) is 5.32 Å². The normalized spacial score (nSPS) is 13.5. The van der Waals surface area contributed by atoms with Crippen LogP contribution in [0.3, 0.4) is 0 Å². The summed E-state index contributed by atoms with van der Waals surface area (Å²) in [5.74, 6) is -0.0871. The summed E-state index contributed by atoms with van der Waals surface area (Å²) in [5, 5.41) is 2.69. The lowest BCUT2D eigenvalue weighted by Gasteiger charge is -2.30. The van der Waals surface area contributed by atoms with Gasteiger partial charge in [0.25, 0.3) is 5.91 Å². The predicted octanol–water partition coefficient (Wildman–Crippen LogP) is 1.96. The van der Waals surface area contributed by atoms with Gasteiger partial charge in [-0.05, 0) is 42.7 Å². The Morgan fingerprint density at radius 2 is 2.13 bits per heavy atom. The van der Waals surface area contributed by atoms with E-state index in [1.54, 1.807) is 17.0 Å². The Morgan fingerprint density at radius 1 is 1.26 bits per heavy atom. The molecule has 120 valence electrons. The highest BCUT2D eigenvalue weighted by atomic mass is 16.3. The number of nitrogens with one attached hydrogen (secondary N) is 1. The van der Waals surface area contributed by atoms with Crippen LogP contribution in [0.25, 0.3) is 0 Å². The Labute approximate surface area is 134 Å². The fourth-order valence-electron chi connectivity index (χ4n) is 2.82. The van der Waals surface area contributed by atoms with E-state index in [9.17, 15) is 9.59 Å². The average molecular weight is 313 g/mol. The number of nitrogens with zero attached hydrogens (tertiary/aromatic N) is 1. The summed E-state index contributed by atoms with van der Waals surface area (Å²) in [5.41, 5.74) is 8.64. The van der Waals surface area contributed by atoms with Gasteiger partial charge in [0.05, 0.1) is 6.26 Å². The number of carbonyl (C=O) groups excluding carboxylic acids is 2. The number of rotatable bonds is 4. The summed E-state index contributed by atoms with van der Waals surface area (Å²) in [7, 11) is 0. The summed E-state index contributed by atoms with van der Waals surface area (Å²) in [6.07, 6.45) is 3.46. The van der Waals surface area contributed by atoms with Crippen molar-refractivity contribution in [3.8, 4) is 0 Å². The van der Waals surface area contributed by atoms with E-state index < -0.39 is 0 Å². The minimum Gasteiger partial charge on any atom is -0.459 e. The van der Waals surface area contributed by atoms with E-state index in [-0.39, 0.29) is 30.5 Å². The Kier molecular flexibility index (Phi) is 4.32. The minimum absolute atomic E-state index is 0.0173. The van der Waals surface area contributed by atoms with Crippen molar-refractivity contribution < 1.29 is 14.0 Å². The molecule has 3 rings (SSSR count). The predicted molar refractivity (Wildman–Crippen MR) is 87.2 cm³/mol. The molecule has 0 atom stereocenters. The van der Waals surface area contributed by atoms with E-state index in [1.165, 1.54) is 6.26 Å². The molecule has 0 radical (unpaired) electrons. The third-order valence-electron chi connectivity index (χ3n) is 3.96. The molecule has 0 aliphatic carbocycles. The maximum absolute atomic E-state index is 12.5. The van der Waals surface area contributed by atoms with Crippen LogP contribution < -0.4 is 16.0 Å². The maximum Gasteiger partial charge on any atom is 0.286 e. The van der Waals surface area contributed by atoms with Gasteiger partial charge in [-0.3, -0.25) is 9.59 Å². The van der Waals surface area contributed by atoms with Crippen LogP contribution in [0.15, 0.2) is 41.0 Å². The van der Waals surface area contributed by atoms with Crippen molar-refractivity contribution in [2.45, 2.75) is 19.3 Å². The average Bonchev–Trinajstić information content (AvgIpc) is 3.09. The number of nitrogens with two attached hydrogens (primary N) is 1. The molecule has 1 aliphatic rings. The van der Waals surface area contributed by atoms with E-state index in [1.807, 2.05) is 18.2 Å². The van der Waals surface area contributed by atoms with Crippen molar-refractivity contribution >= 4 is 23.2 Å². The van der Waals surface area contributed by atoms with Gasteiger partial charge in [0, 0.05) is 30.9 Å². The molecule has 0 fully saturated rings. The zero-order valence-corrected chi connectivity index (χ0v) is 12.7. The van der Waals surface area contributed by atoms with Gasteiger partial charge in [0.2, 0.25) is 5.91 Å². The van der Waals surface area contributed by atoms with Crippen molar-refractivity contribution in [3.05, 3.63) is 47.9 Å². The SMILES string of the molecule is Nc1cccc2c1CCCN2C(=O)CCNC(=O)c1ccco1. The molecular formula is C17H19N3O3. The van der Waals surface area contributed by atoms with E-state index >= 15 is 0 Å². The van der Waals surface area contributed by atoms with Gasteiger partial charge in [0.15, 0.2) is 5.76 Å². The van der Waals surface area contributed by atoms with Crippen LogP contribution in [0.2, 0.25) is 0 Å². The second-order valence-electron chi connectivity index (χ2n) is 5.48. The van der Waals surface area contributed by atoms with E-state index in [0.29, 0.717) is 6.54 Å². The highest BCUT2D eigenvalue weighted by Gasteiger charge is 2.23. The Hall–Kier alpha value is -2.76. The fourth-order valence-corrected chi connectivity index (χ4v) is 2.82. The summed E-state index contributed by atoms with van der Waals surface area (Å²) >= 11 is 0. The van der Waals surface area contributed by atoms with Gasteiger partial charge in [-0.2, -0.15) is 0 Å². The van der Waals surface area contributed by atoms with Crippen LogP contribution in [0.5, 0.6) is 0 Å². The molecule has 1 aromatic heterocycles. The topological polar surface area (TPSA) is 88.6 Å². The van der Waals surface area contributed by atoms with Crippen molar-refractivity contribution in [2.24, 2.45) is 0 Å². The first-order valence-corrected chi connectivity index (χ1v) is 7.66. The minimum atomic E-state index is -0.314.